The molecule has 2 aromatic rings. The molecule has 3 nitrogen and oxygen atoms in total. The number of carbonyl (C=O) groups is 1. The Morgan fingerprint density at radius 2 is 1.84 bits per heavy atom. The van der Waals surface area contributed by atoms with E-state index < -0.39 is 0 Å². The summed E-state index contributed by atoms with van der Waals surface area (Å²) in [6, 6.07) is 12.4. The Labute approximate surface area is 113 Å². The number of rotatable bonds is 4. The molecule has 1 unspecified atom stereocenters. The van der Waals surface area contributed by atoms with Crippen molar-refractivity contribution >= 4 is 5.91 Å². The Balaban J connectivity index is 1.69. The average molecular weight is 254 g/mol. The summed E-state index contributed by atoms with van der Waals surface area (Å²) in [7, 11) is 0. The first kappa shape index (κ1) is 12.0. The van der Waals surface area contributed by atoms with Crippen LogP contribution in [0.15, 0.2) is 48.8 Å². The maximum absolute atomic E-state index is 11.7. The van der Waals surface area contributed by atoms with Crippen LogP contribution in [0.25, 0.3) is 5.69 Å². The van der Waals surface area contributed by atoms with Crippen LogP contribution >= 0.6 is 0 Å². The van der Waals surface area contributed by atoms with Gasteiger partial charge in [-0.15, -0.1) is 0 Å². The number of nitrogens with one attached hydrogen (secondary N) is 1. The number of hydrogen-bond acceptors (Lipinski definition) is 1. The summed E-state index contributed by atoms with van der Waals surface area (Å²) in [5.74, 6) is 0.462. The number of nitrogens with zero attached hydrogens (tertiary/aromatic N) is 1. The highest BCUT2D eigenvalue weighted by Crippen LogP contribution is 2.29. The van der Waals surface area contributed by atoms with E-state index in [4.69, 9.17) is 0 Å². The highest BCUT2D eigenvalue weighted by atomic mass is 16.2. The predicted octanol–water partition coefficient (Wildman–Crippen LogP) is 3.06. The van der Waals surface area contributed by atoms with E-state index in [1.54, 1.807) is 0 Å². The van der Waals surface area contributed by atoms with Crippen molar-refractivity contribution in [2.75, 3.05) is 0 Å². The molecule has 3 rings (SSSR count). The molecule has 0 spiro atoms. The molecule has 1 N–H and O–H groups in total. The Kier molecular flexibility index (Phi) is 3.11. The van der Waals surface area contributed by atoms with Crippen LogP contribution in [0.2, 0.25) is 0 Å². The van der Waals surface area contributed by atoms with Gasteiger partial charge in [0.25, 0.3) is 0 Å². The molecule has 3 heteroatoms. The van der Waals surface area contributed by atoms with E-state index in [2.05, 4.69) is 34.1 Å². The van der Waals surface area contributed by atoms with Crippen molar-refractivity contribution in [2.24, 2.45) is 5.92 Å². The van der Waals surface area contributed by atoms with Crippen LogP contribution in [0.3, 0.4) is 0 Å². The van der Waals surface area contributed by atoms with Gasteiger partial charge in [-0.2, -0.15) is 0 Å². The monoisotopic (exact) mass is 254 g/mol. The lowest BCUT2D eigenvalue weighted by Gasteiger charge is -2.14. The van der Waals surface area contributed by atoms with Crippen molar-refractivity contribution in [3.63, 3.8) is 0 Å². The van der Waals surface area contributed by atoms with E-state index in [9.17, 15) is 4.79 Å². The third-order valence-electron chi connectivity index (χ3n) is 3.60. The van der Waals surface area contributed by atoms with Crippen LogP contribution < -0.4 is 5.32 Å². The minimum atomic E-state index is 0.0758. The summed E-state index contributed by atoms with van der Waals surface area (Å²) in [6.45, 7) is 2.03. The number of benzene rings is 1. The van der Waals surface area contributed by atoms with Gasteiger partial charge in [0.2, 0.25) is 5.91 Å². The van der Waals surface area contributed by atoms with E-state index in [0.29, 0.717) is 0 Å². The molecule has 1 heterocycles. The maximum Gasteiger partial charge on any atom is 0.223 e. The number of aromatic nitrogens is 1. The summed E-state index contributed by atoms with van der Waals surface area (Å²) in [5.41, 5.74) is 2.28. The minimum absolute atomic E-state index is 0.0758. The maximum atomic E-state index is 11.7. The second-order valence-electron chi connectivity index (χ2n) is 5.19. The first-order valence-corrected chi connectivity index (χ1v) is 6.78. The number of amides is 1. The largest absolute Gasteiger partial charge is 0.349 e. The van der Waals surface area contributed by atoms with E-state index in [1.165, 1.54) is 0 Å². The van der Waals surface area contributed by atoms with Gasteiger partial charge in [-0.25, -0.2) is 0 Å². The van der Waals surface area contributed by atoms with Gasteiger partial charge in [-0.1, -0.05) is 12.1 Å². The molecule has 0 saturated heterocycles. The van der Waals surface area contributed by atoms with Gasteiger partial charge in [0, 0.05) is 24.0 Å². The quantitative estimate of drug-likeness (QED) is 0.894. The third-order valence-corrected chi connectivity index (χ3v) is 3.60. The SMILES string of the molecule is CC(NC(=O)C1CC1)c1ccc(-n2cccc2)cc1. The Bertz CT molecular complexity index is 553. The number of hydrogen-bond donors (Lipinski definition) is 1. The Hall–Kier alpha value is -2.03. The molecule has 0 aliphatic heterocycles. The fourth-order valence-corrected chi connectivity index (χ4v) is 2.20. The molecular weight excluding hydrogens is 236 g/mol. The van der Waals surface area contributed by atoms with Crippen LogP contribution in [-0.4, -0.2) is 10.5 Å². The minimum Gasteiger partial charge on any atom is -0.349 e. The first-order chi connectivity index (χ1) is 9.24. The molecule has 1 aliphatic carbocycles. The second-order valence-corrected chi connectivity index (χ2v) is 5.19. The van der Waals surface area contributed by atoms with Crippen molar-refractivity contribution in [1.29, 1.82) is 0 Å². The standard InChI is InChI=1S/C16H18N2O/c1-12(17-16(19)14-4-5-14)13-6-8-15(9-7-13)18-10-2-3-11-18/h2-3,6-12,14H,4-5H2,1H3,(H,17,19). The second kappa shape index (κ2) is 4.92. The summed E-state index contributed by atoms with van der Waals surface area (Å²) >= 11 is 0. The van der Waals surface area contributed by atoms with Crippen LogP contribution in [0.5, 0.6) is 0 Å². The van der Waals surface area contributed by atoms with Gasteiger partial charge in [0.15, 0.2) is 0 Å². The van der Waals surface area contributed by atoms with Crippen molar-refractivity contribution in [3.8, 4) is 5.69 Å². The smallest absolute Gasteiger partial charge is 0.223 e. The summed E-state index contributed by atoms with van der Waals surface area (Å²) in [4.78, 5) is 11.7. The van der Waals surface area contributed by atoms with Gasteiger partial charge in [0.1, 0.15) is 0 Å². The Morgan fingerprint density at radius 3 is 2.42 bits per heavy atom. The summed E-state index contributed by atoms with van der Waals surface area (Å²) in [5, 5.41) is 3.07. The normalized spacial score (nSPS) is 16.1. The topological polar surface area (TPSA) is 34.0 Å². The van der Waals surface area contributed by atoms with Crippen LogP contribution in [0.1, 0.15) is 31.4 Å². The van der Waals surface area contributed by atoms with Crippen molar-refractivity contribution in [1.82, 2.24) is 9.88 Å². The molecule has 19 heavy (non-hydrogen) atoms. The van der Waals surface area contributed by atoms with Crippen molar-refractivity contribution in [2.45, 2.75) is 25.8 Å². The van der Waals surface area contributed by atoms with E-state index in [1.807, 2.05) is 31.5 Å². The molecule has 1 fully saturated rings. The van der Waals surface area contributed by atoms with Crippen molar-refractivity contribution in [3.05, 3.63) is 54.4 Å². The molecule has 1 saturated carbocycles. The van der Waals surface area contributed by atoms with Gasteiger partial charge >= 0.3 is 0 Å². The van der Waals surface area contributed by atoms with Crippen LogP contribution in [-0.2, 0) is 4.79 Å². The fourth-order valence-electron chi connectivity index (χ4n) is 2.20. The van der Waals surface area contributed by atoms with Gasteiger partial charge < -0.3 is 9.88 Å². The zero-order valence-electron chi connectivity index (χ0n) is 11.0. The molecule has 1 amide bonds. The predicted molar refractivity (Wildman–Crippen MR) is 75.1 cm³/mol. The highest BCUT2D eigenvalue weighted by molar-refractivity contribution is 5.81. The van der Waals surface area contributed by atoms with Crippen molar-refractivity contribution < 1.29 is 4.79 Å². The van der Waals surface area contributed by atoms with Gasteiger partial charge in [0.05, 0.1) is 6.04 Å². The molecule has 1 atom stereocenters. The lowest BCUT2D eigenvalue weighted by molar-refractivity contribution is -0.122. The highest BCUT2D eigenvalue weighted by Gasteiger charge is 2.30. The zero-order valence-corrected chi connectivity index (χ0v) is 11.0. The molecule has 1 aliphatic rings. The molecular formula is C16H18N2O. The summed E-state index contributed by atoms with van der Waals surface area (Å²) < 4.78 is 2.07. The van der Waals surface area contributed by atoms with E-state index >= 15 is 0 Å². The molecule has 1 aromatic heterocycles. The van der Waals surface area contributed by atoms with Gasteiger partial charge in [-0.3, -0.25) is 4.79 Å². The van der Waals surface area contributed by atoms with E-state index in [0.717, 1.165) is 24.1 Å². The molecule has 0 radical (unpaired) electrons. The average Bonchev–Trinajstić information content (AvgIpc) is 3.14. The van der Waals surface area contributed by atoms with Crippen LogP contribution in [0.4, 0.5) is 0 Å². The zero-order chi connectivity index (χ0) is 13.2. The fraction of sp³-hybridized carbons (Fsp3) is 0.312. The van der Waals surface area contributed by atoms with Crippen LogP contribution in [0, 0.1) is 5.92 Å². The number of carbonyl (C=O) groups excluding carboxylic acids is 1. The summed E-state index contributed by atoms with van der Waals surface area (Å²) in [6.07, 6.45) is 6.14. The first-order valence-electron chi connectivity index (χ1n) is 6.78. The molecule has 0 bridgehead atoms. The molecule has 98 valence electrons. The lowest BCUT2D eigenvalue weighted by atomic mass is 10.1. The lowest BCUT2D eigenvalue weighted by Crippen LogP contribution is -2.27. The third kappa shape index (κ3) is 2.70. The van der Waals surface area contributed by atoms with E-state index in [-0.39, 0.29) is 17.9 Å². The molecule has 1 aromatic carbocycles. The van der Waals surface area contributed by atoms with Gasteiger partial charge in [-0.05, 0) is 49.6 Å². The Morgan fingerprint density at radius 1 is 1.21 bits per heavy atom.